The largest absolute Gasteiger partial charge is 0.444 e. The molecule has 0 unspecified atom stereocenters. The van der Waals surface area contributed by atoms with Crippen molar-refractivity contribution in [3.63, 3.8) is 0 Å². The molecule has 3 N–H and O–H groups in total. The van der Waals surface area contributed by atoms with Crippen LogP contribution in [-0.2, 0) is 20.6 Å². The molecule has 1 saturated carbocycles. The minimum absolute atomic E-state index is 0.000947. The molecule has 2 aliphatic rings. The summed E-state index contributed by atoms with van der Waals surface area (Å²) in [5.41, 5.74) is 5.79. The van der Waals surface area contributed by atoms with Crippen molar-refractivity contribution in [2.24, 2.45) is 11.7 Å². The first kappa shape index (κ1) is 26.8. The van der Waals surface area contributed by atoms with Gasteiger partial charge >= 0.3 is 6.09 Å². The molecule has 9 heteroatoms. The van der Waals surface area contributed by atoms with Crippen LogP contribution in [0.1, 0.15) is 58.4 Å². The third-order valence-electron chi connectivity index (χ3n) is 6.30. The third kappa shape index (κ3) is 7.86. The highest BCUT2D eigenvalue weighted by atomic mass is 19.1. The lowest BCUT2D eigenvalue weighted by Gasteiger charge is -2.43. The van der Waals surface area contributed by atoms with Crippen molar-refractivity contribution in [3.05, 3.63) is 35.4 Å². The van der Waals surface area contributed by atoms with Gasteiger partial charge in [0, 0.05) is 12.1 Å². The molecule has 0 radical (unpaired) electrons. The summed E-state index contributed by atoms with van der Waals surface area (Å²) in [5, 5.41) is 11.0. The molecule has 1 saturated heterocycles. The van der Waals surface area contributed by atoms with Gasteiger partial charge in [0.2, 0.25) is 0 Å². The number of hydrogen-bond acceptors (Lipinski definition) is 6. The van der Waals surface area contributed by atoms with Gasteiger partial charge in [0.25, 0.3) is 0 Å². The predicted molar refractivity (Wildman–Crippen MR) is 123 cm³/mol. The van der Waals surface area contributed by atoms with Gasteiger partial charge in [-0.2, -0.15) is 0 Å². The van der Waals surface area contributed by atoms with Crippen molar-refractivity contribution in [2.45, 2.75) is 89.4 Å². The van der Waals surface area contributed by atoms with E-state index in [4.69, 9.17) is 19.9 Å². The molecule has 192 valence electrons. The van der Waals surface area contributed by atoms with Gasteiger partial charge in [0.1, 0.15) is 17.2 Å². The lowest BCUT2D eigenvalue weighted by Crippen LogP contribution is -2.61. The summed E-state index contributed by atoms with van der Waals surface area (Å²) in [6.07, 6.45) is 3.48. The number of carbonyl (C=O) groups excluding carboxylic acids is 1. The molecule has 1 aromatic carbocycles. The van der Waals surface area contributed by atoms with E-state index >= 15 is 0 Å². The van der Waals surface area contributed by atoms with Gasteiger partial charge in [-0.1, -0.05) is 19.3 Å². The molecule has 4 atom stereocenters. The van der Waals surface area contributed by atoms with Crippen LogP contribution in [0.3, 0.4) is 0 Å². The Bertz CT molecular complexity index is 793. The van der Waals surface area contributed by atoms with Crippen LogP contribution in [0.25, 0.3) is 0 Å². The number of nitrogens with two attached hydrogens (primary N) is 1. The standard InChI is InChI=1S/C25H38F2N2O5/c1-25(2,3)34-24(31)29-13-22(32-14-16-7-5-4-6-8-16)33-15-21(29)23(30)20(28)11-17-9-18(26)12-19(27)10-17/h9-10,12,16,20-23,30H,4-8,11,13-15,28H2,1-3H3/t20-,21+,22+,23-/m0/s1. The second-order valence-corrected chi connectivity index (χ2v) is 10.4. The molecular weight excluding hydrogens is 446 g/mol. The van der Waals surface area contributed by atoms with Gasteiger partial charge in [-0.3, -0.25) is 4.90 Å². The summed E-state index contributed by atoms with van der Waals surface area (Å²) in [6.45, 7) is 5.94. The number of hydrogen-bond donors (Lipinski definition) is 2. The van der Waals surface area contributed by atoms with Crippen LogP contribution in [0, 0.1) is 17.6 Å². The molecule has 0 bridgehead atoms. The molecule has 1 aromatic rings. The average molecular weight is 485 g/mol. The van der Waals surface area contributed by atoms with Gasteiger partial charge in [-0.15, -0.1) is 0 Å². The van der Waals surface area contributed by atoms with Crippen LogP contribution < -0.4 is 5.73 Å². The van der Waals surface area contributed by atoms with Gasteiger partial charge in [0.15, 0.2) is 6.29 Å². The Labute approximate surface area is 200 Å². The van der Waals surface area contributed by atoms with Gasteiger partial charge in [0.05, 0.1) is 31.9 Å². The number of nitrogens with zero attached hydrogens (tertiary/aromatic N) is 1. The Hall–Kier alpha value is -1.81. The lowest BCUT2D eigenvalue weighted by atomic mass is 9.90. The van der Waals surface area contributed by atoms with Crippen molar-refractivity contribution in [1.29, 1.82) is 0 Å². The van der Waals surface area contributed by atoms with Crippen molar-refractivity contribution in [1.82, 2.24) is 4.90 Å². The summed E-state index contributed by atoms with van der Waals surface area (Å²) >= 11 is 0. The molecule has 3 rings (SSSR count). The zero-order chi connectivity index (χ0) is 24.9. The highest BCUT2D eigenvalue weighted by molar-refractivity contribution is 5.69. The van der Waals surface area contributed by atoms with Crippen LogP contribution >= 0.6 is 0 Å². The van der Waals surface area contributed by atoms with E-state index in [2.05, 4.69) is 0 Å². The van der Waals surface area contributed by atoms with E-state index < -0.39 is 47.8 Å². The summed E-state index contributed by atoms with van der Waals surface area (Å²) in [4.78, 5) is 14.4. The summed E-state index contributed by atoms with van der Waals surface area (Å²) in [7, 11) is 0. The van der Waals surface area contributed by atoms with Gasteiger partial charge in [-0.05, 0) is 63.6 Å². The highest BCUT2D eigenvalue weighted by Crippen LogP contribution is 2.26. The minimum Gasteiger partial charge on any atom is -0.444 e. The molecule has 1 aliphatic heterocycles. The smallest absolute Gasteiger partial charge is 0.410 e. The second kappa shape index (κ2) is 11.7. The molecule has 1 heterocycles. The number of morpholine rings is 1. The van der Waals surface area contributed by atoms with E-state index in [1.807, 2.05) is 0 Å². The number of benzene rings is 1. The maximum atomic E-state index is 13.6. The number of ether oxygens (including phenoxy) is 3. The zero-order valence-corrected chi connectivity index (χ0v) is 20.3. The van der Waals surface area contributed by atoms with E-state index in [9.17, 15) is 18.7 Å². The maximum absolute atomic E-state index is 13.6. The first-order valence-corrected chi connectivity index (χ1v) is 12.1. The fourth-order valence-corrected chi connectivity index (χ4v) is 4.56. The number of halogens is 2. The van der Waals surface area contributed by atoms with Crippen molar-refractivity contribution in [2.75, 3.05) is 19.8 Å². The fourth-order valence-electron chi connectivity index (χ4n) is 4.56. The fraction of sp³-hybridized carbons (Fsp3) is 0.720. The lowest BCUT2D eigenvalue weighted by molar-refractivity contribution is -0.207. The molecule has 2 fully saturated rings. The number of rotatable bonds is 7. The van der Waals surface area contributed by atoms with Crippen LogP contribution in [0.5, 0.6) is 0 Å². The first-order valence-electron chi connectivity index (χ1n) is 12.1. The third-order valence-corrected chi connectivity index (χ3v) is 6.30. The van der Waals surface area contributed by atoms with Gasteiger partial charge < -0.3 is 25.1 Å². The first-order chi connectivity index (χ1) is 16.0. The number of amides is 1. The molecule has 7 nitrogen and oxygen atoms in total. The summed E-state index contributed by atoms with van der Waals surface area (Å²) in [6, 6.07) is 1.44. The Balaban J connectivity index is 1.67. The normalized spacial score (nSPS) is 24.0. The molecule has 34 heavy (non-hydrogen) atoms. The SMILES string of the molecule is CC(C)(C)OC(=O)N1C[C@H](OCC2CCCCC2)OC[C@@H]1[C@@H](O)[C@@H](N)Cc1cc(F)cc(F)c1. The Morgan fingerprint density at radius 1 is 1.21 bits per heavy atom. The van der Waals surface area contributed by atoms with Crippen molar-refractivity contribution in [3.8, 4) is 0 Å². The van der Waals surface area contributed by atoms with Gasteiger partial charge in [-0.25, -0.2) is 13.6 Å². The van der Waals surface area contributed by atoms with E-state index in [1.165, 1.54) is 36.3 Å². The quantitative estimate of drug-likeness (QED) is 0.612. The zero-order valence-electron chi connectivity index (χ0n) is 20.3. The van der Waals surface area contributed by atoms with Crippen molar-refractivity contribution >= 4 is 6.09 Å². The average Bonchev–Trinajstić information content (AvgIpc) is 2.76. The molecule has 0 spiro atoms. The maximum Gasteiger partial charge on any atom is 0.410 e. The Morgan fingerprint density at radius 2 is 1.85 bits per heavy atom. The van der Waals surface area contributed by atoms with E-state index in [0.29, 0.717) is 18.1 Å². The molecular formula is C25H38F2N2O5. The van der Waals surface area contributed by atoms with E-state index in [0.717, 1.165) is 18.9 Å². The second-order valence-electron chi connectivity index (χ2n) is 10.4. The van der Waals surface area contributed by atoms with Crippen molar-refractivity contribution < 1.29 is 32.9 Å². The number of aliphatic hydroxyl groups is 1. The van der Waals surface area contributed by atoms with E-state index in [1.54, 1.807) is 20.8 Å². The number of carbonyl (C=O) groups is 1. The Kier molecular flexibility index (Phi) is 9.26. The Morgan fingerprint density at radius 3 is 2.47 bits per heavy atom. The molecule has 1 amide bonds. The van der Waals surface area contributed by atoms with Crippen LogP contribution in [-0.4, -0.2) is 65.9 Å². The monoisotopic (exact) mass is 484 g/mol. The summed E-state index contributed by atoms with van der Waals surface area (Å²) < 4.78 is 44.5. The minimum atomic E-state index is -1.21. The van der Waals surface area contributed by atoms with Crippen LogP contribution in [0.15, 0.2) is 18.2 Å². The van der Waals surface area contributed by atoms with E-state index in [-0.39, 0.29) is 19.6 Å². The van der Waals surface area contributed by atoms with Crippen LogP contribution in [0.4, 0.5) is 13.6 Å². The molecule has 0 aromatic heterocycles. The molecule has 1 aliphatic carbocycles. The predicted octanol–water partition coefficient (Wildman–Crippen LogP) is 3.75. The number of aliphatic hydroxyl groups excluding tert-OH is 1. The highest BCUT2D eigenvalue weighted by Gasteiger charge is 2.41. The van der Waals surface area contributed by atoms with Crippen LogP contribution in [0.2, 0.25) is 0 Å². The summed E-state index contributed by atoms with van der Waals surface area (Å²) in [5.74, 6) is -0.951. The topological polar surface area (TPSA) is 94.2 Å².